The zero-order valence-corrected chi connectivity index (χ0v) is 46.5. The number of aliphatic hydroxyl groups is 1. The quantitative estimate of drug-likeness (QED) is 0.0338. The molecule has 27 heteroatoms. The maximum absolute atomic E-state index is 14.0. The van der Waals surface area contributed by atoms with Crippen LogP contribution >= 0.6 is 0 Å². The lowest BCUT2D eigenvalue weighted by Gasteiger charge is -2.29. The van der Waals surface area contributed by atoms with E-state index in [0.717, 1.165) is 10.9 Å². The van der Waals surface area contributed by atoms with Gasteiger partial charge in [-0.3, -0.25) is 52.7 Å². The second kappa shape index (κ2) is 32.9. The summed E-state index contributed by atoms with van der Waals surface area (Å²) in [4.78, 5) is 161. The normalized spacial score (nSPS) is 15.1. The number of primary amides is 2. The first-order valence-electron chi connectivity index (χ1n) is 26.4. The molecule has 0 aliphatic rings. The second-order valence-corrected chi connectivity index (χ2v) is 21.0. The summed E-state index contributed by atoms with van der Waals surface area (Å²) in [5, 5.41) is 43.1. The van der Waals surface area contributed by atoms with Gasteiger partial charge in [0.25, 0.3) is 0 Å². The molecule has 0 radical (unpaired) electrons. The van der Waals surface area contributed by atoms with Crippen LogP contribution in [0.15, 0.2) is 30.5 Å². The molecule has 0 saturated heterocycles. The zero-order valence-electron chi connectivity index (χ0n) is 46.5. The van der Waals surface area contributed by atoms with Crippen molar-refractivity contribution in [2.45, 2.75) is 168 Å². The number of aliphatic hydroxyl groups excluding tert-OH is 1. The Hall–Kier alpha value is -7.68. The molecule has 2 aromatic rings. The Labute approximate surface area is 459 Å². The van der Waals surface area contributed by atoms with Crippen molar-refractivity contribution in [3.8, 4) is 0 Å². The van der Waals surface area contributed by atoms with Gasteiger partial charge in [-0.15, -0.1) is 0 Å². The molecule has 1 heterocycles. The molecule has 1 aromatic heterocycles. The summed E-state index contributed by atoms with van der Waals surface area (Å²) in [6, 6.07) is -4.24. The number of benzene rings is 1. The van der Waals surface area contributed by atoms with Crippen LogP contribution in [0.2, 0.25) is 0 Å². The van der Waals surface area contributed by atoms with Crippen LogP contribution in [-0.2, 0) is 64.0 Å². The number of nitrogens with two attached hydrogens (primary N) is 3. The van der Waals surface area contributed by atoms with Crippen molar-refractivity contribution in [1.29, 1.82) is 0 Å². The molecule has 0 aliphatic heterocycles. The SMILES string of the molecule is CC[C@H](C)[C@H](NC(=O)[C@@H](NC(=O)CNC(=O)[C@H](CCC(N)=O)NC(=O)[C@H](CC(C)C)NC(=O)[C@H](CC(N)=O)NC(=O)[C@H](CC(C)C)NC(=O)[C@H](Cc1c[nH]c2ccccc12)NC(=O)CN)[C@@H](C)O)C(=O)N[C@@H](CC(C)C)C(=O)O. The number of aromatic nitrogens is 1. The number of nitrogens with one attached hydrogen (secondary N) is 10. The van der Waals surface area contributed by atoms with Crippen LogP contribution in [0.1, 0.15) is 113 Å². The predicted molar refractivity (Wildman–Crippen MR) is 289 cm³/mol. The number of hydrogen-bond donors (Lipinski definition) is 15. The Kier molecular flexibility index (Phi) is 28.1. The lowest BCUT2D eigenvalue weighted by atomic mass is 9.96. The molecule has 10 atom stereocenters. The summed E-state index contributed by atoms with van der Waals surface area (Å²) in [6.45, 7) is 13.7. The molecule has 27 nitrogen and oxygen atoms in total. The molecule has 0 unspecified atom stereocenters. The van der Waals surface area contributed by atoms with Crippen LogP contribution in [0.4, 0.5) is 0 Å². The van der Waals surface area contributed by atoms with Gasteiger partial charge in [0.15, 0.2) is 0 Å². The number of carboxylic acids is 1. The standard InChI is InChI=1S/C52H83N13O14/c1-10-28(8)43(50(76)63-38(52(78)79)19-27(6)7)65-51(77)44(29(9)66)64-42(70)24-57-45(71)33(15-16-39(54)67)59-46(72)34(17-25(2)3)61-49(75)37(21-40(55)68)62-47(73)35(18-26(4)5)60-48(74)36(58-41(69)22-53)20-30-23-56-32-14-12-11-13-31(30)32/h11-14,23,25-29,33-38,43-44,56,66H,10,15-22,24,53H2,1-9H3,(H2,54,67)(H2,55,68)(H,57,71)(H,58,69)(H,59,72)(H,60,74)(H,61,75)(H,62,73)(H,63,76)(H,64,70)(H,65,77)(H,78,79)/t28-,29+,33-,34-,35-,36-,37-,38-,43-,44-/m0/s1. The van der Waals surface area contributed by atoms with E-state index < -0.39 is 164 Å². The van der Waals surface area contributed by atoms with Gasteiger partial charge in [-0.2, -0.15) is 0 Å². The van der Waals surface area contributed by atoms with Crippen molar-refractivity contribution in [3.63, 3.8) is 0 Å². The maximum Gasteiger partial charge on any atom is 0.326 e. The molecular weight excluding hydrogens is 1030 g/mol. The Morgan fingerprint density at radius 3 is 1.56 bits per heavy atom. The Morgan fingerprint density at radius 1 is 0.557 bits per heavy atom. The predicted octanol–water partition coefficient (Wildman–Crippen LogP) is -2.55. The van der Waals surface area contributed by atoms with Crippen molar-refractivity contribution in [2.75, 3.05) is 13.1 Å². The summed E-state index contributed by atoms with van der Waals surface area (Å²) in [6.07, 6.45) is -1.10. The van der Waals surface area contributed by atoms with Crippen molar-refractivity contribution >= 4 is 81.9 Å². The second-order valence-electron chi connectivity index (χ2n) is 21.0. The highest BCUT2D eigenvalue weighted by atomic mass is 16.4. The van der Waals surface area contributed by atoms with E-state index in [4.69, 9.17) is 17.2 Å². The highest BCUT2D eigenvalue weighted by Crippen LogP contribution is 2.20. The number of amides is 11. The number of hydrogen-bond acceptors (Lipinski definition) is 14. The van der Waals surface area contributed by atoms with Gasteiger partial charge < -0.3 is 80.2 Å². The Bertz CT molecular complexity index is 2460. The molecule has 18 N–H and O–H groups in total. The van der Waals surface area contributed by atoms with E-state index in [9.17, 15) is 67.7 Å². The number of H-pyrrole nitrogens is 1. The van der Waals surface area contributed by atoms with E-state index in [2.05, 4.69) is 52.8 Å². The van der Waals surface area contributed by atoms with Gasteiger partial charge in [-0.1, -0.05) is 80.0 Å². The number of carbonyl (C=O) groups excluding carboxylic acids is 11. The van der Waals surface area contributed by atoms with Crippen molar-refractivity contribution in [1.82, 2.24) is 52.8 Å². The summed E-state index contributed by atoms with van der Waals surface area (Å²) in [5.41, 5.74) is 17.9. The fourth-order valence-electron chi connectivity index (χ4n) is 8.26. The number of rotatable bonds is 35. The van der Waals surface area contributed by atoms with Crippen molar-refractivity contribution < 1.29 is 67.7 Å². The fraction of sp³-hybridized carbons (Fsp3) is 0.615. The van der Waals surface area contributed by atoms with E-state index in [-0.39, 0.29) is 43.4 Å². The van der Waals surface area contributed by atoms with Gasteiger partial charge in [0.2, 0.25) is 65.0 Å². The minimum Gasteiger partial charge on any atom is -0.480 e. The molecule has 79 heavy (non-hydrogen) atoms. The monoisotopic (exact) mass is 1110 g/mol. The van der Waals surface area contributed by atoms with E-state index in [1.165, 1.54) is 6.92 Å². The number of para-hydroxylation sites is 1. The van der Waals surface area contributed by atoms with Gasteiger partial charge >= 0.3 is 5.97 Å². The van der Waals surface area contributed by atoms with Crippen LogP contribution in [0.5, 0.6) is 0 Å². The topological polar surface area (TPSA) is 447 Å². The van der Waals surface area contributed by atoms with Gasteiger partial charge in [-0.05, 0) is 67.9 Å². The molecule has 440 valence electrons. The fourth-order valence-corrected chi connectivity index (χ4v) is 8.26. The number of aliphatic carboxylic acids is 1. The zero-order chi connectivity index (χ0) is 59.8. The third-order valence-corrected chi connectivity index (χ3v) is 12.6. The van der Waals surface area contributed by atoms with Gasteiger partial charge in [-0.25, -0.2) is 4.79 Å². The minimum atomic E-state index is -1.71. The van der Waals surface area contributed by atoms with Crippen LogP contribution in [0.3, 0.4) is 0 Å². The molecule has 2 rings (SSSR count). The van der Waals surface area contributed by atoms with Gasteiger partial charge in [0, 0.05) is 29.9 Å². The minimum absolute atomic E-state index is 0.00305. The first kappa shape index (κ1) is 67.4. The Balaban J connectivity index is 2.31. The van der Waals surface area contributed by atoms with Crippen LogP contribution < -0.4 is 65.1 Å². The van der Waals surface area contributed by atoms with Crippen LogP contribution in [0.25, 0.3) is 10.9 Å². The lowest BCUT2D eigenvalue weighted by Crippen LogP contribution is -2.61. The highest BCUT2D eigenvalue weighted by molar-refractivity contribution is 5.99. The summed E-state index contributed by atoms with van der Waals surface area (Å²) < 4.78 is 0. The number of aromatic amines is 1. The molecule has 0 spiro atoms. The van der Waals surface area contributed by atoms with Crippen molar-refractivity contribution in [3.05, 3.63) is 36.0 Å². The maximum atomic E-state index is 14.0. The first-order valence-corrected chi connectivity index (χ1v) is 26.4. The number of carboxylic acid groups (broad SMARTS) is 1. The summed E-state index contributed by atoms with van der Waals surface area (Å²) in [7, 11) is 0. The molecule has 1 aromatic carbocycles. The van der Waals surface area contributed by atoms with Gasteiger partial charge in [0.1, 0.15) is 48.3 Å². The lowest BCUT2D eigenvalue weighted by molar-refractivity contribution is -0.143. The van der Waals surface area contributed by atoms with Crippen LogP contribution in [-0.4, -0.2) is 154 Å². The number of carbonyl (C=O) groups is 12. The average Bonchev–Trinajstić information content (AvgIpc) is 3.77. The molecule has 11 amide bonds. The Morgan fingerprint density at radius 2 is 1.05 bits per heavy atom. The van der Waals surface area contributed by atoms with E-state index in [1.54, 1.807) is 67.7 Å². The first-order chi connectivity index (χ1) is 37.0. The molecule has 0 aliphatic carbocycles. The summed E-state index contributed by atoms with van der Waals surface area (Å²) >= 11 is 0. The van der Waals surface area contributed by atoms with Crippen LogP contribution in [0, 0.1) is 23.7 Å². The largest absolute Gasteiger partial charge is 0.480 e. The third-order valence-electron chi connectivity index (χ3n) is 12.6. The van der Waals surface area contributed by atoms with E-state index in [1.807, 2.05) is 18.2 Å². The third kappa shape index (κ3) is 23.4. The average molecular weight is 1110 g/mol. The number of fused-ring (bicyclic) bond motifs is 1. The molecule has 0 saturated carbocycles. The van der Waals surface area contributed by atoms with E-state index in [0.29, 0.717) is 12.0 Å². The molecule has 0 bridgehead atoms. The molecular formula is C52H83N13O14. The highest BCUT2D eigenvalue weighted by Gasteiger charge is 2.37. The van der Waals surface area contributed by atoms with E-state index >= 15 is 0 Å². The molecule has 0 fully saturated rings. The summed E-state index contributed by atoms with van der Waals surface area (Å²) in [5.74, 6) is -12.6. The van der Waals surface area contributed by atoms with Gasteiger partial charge in [0.05, 0.1) is 25.6 Å². The smallest absolute Gasteiger partial charge is 0.326 e. The van der Waals surface area contributed by atoms with Crippen molar-refractivity contribution in [2.24, 2.45) is 40.9 Å².